The minimum atomic E-state index is -2.64. The van der Waals surface area contributed by atoms with Crippen LogP contribution in [0.4, 0.5) is 4.79 Å². The van der Waals surface area contributed by atoms with Crippen LogP contribution < -0.4 is 15.4 Å². The van der Waals surface area contributed by atoms with E-state index in [0.29, 0.717) is 43.3 Å². The Morgan fingerprint density at radius 1 is 1.21 bits per heavy atom. The maximum absolute atomic E-state index is 12.9. The summed E-state index contributed by atoms with van der Waals surface area (Å²) in [5, 5.41) is 4.17. The number of nitrogens with zero attached hydrogens (tertiary/aromatic N) is 2. The average molecular weight is 492 g/mol. The van der Waals surface area contributed by atoms with Crippen molar-refractivity contribution in [1.82, 2.24) is 20.5 Å². The van der Waals surface area contributed by atoms with Crippen molar-refractivity contribution in [2.45, 2.75) is 42.7 Å². The number of amides is 3. The topological polar surface area (TPSA) is 124 Å². The van der Waals surface area contributed by atoms with E-state index in [2.05, 4.69) is 15.6 Å². The highest BCUT2D eigenvalue weighted by Crippen LogP contribution is 2.31. The van der Waals surface area contributed by atoms with E-state index in [0.717, 1.165) is 5.56 Å². The molecule has 3 heterocycles. The lowest BCUT2D eigenvalue weighted by atomic mass is 9.89. The van der Waals surface area contributed by atoms with Gasteiger partial charge in [0.25, 0.3) is 5.91 Å². The van der Waals surface area contributed by atoms with Crippen molar-refractivity contribution in [3.63, 3.8) is 0 Å². The Bertz CT molecular complexity index is 1020. The molecule has 0 aliphatic carbocycles. The molecule has 3 atom stereocenters. The molecule has 2 fully saturated rings. The summed E-state index contributed by atoms with van der Waals surface area (Å²) in [7, 11) is 0. The molecule has 2 aliphatic heterocycles. The standard InChI is InChI=1S/C22H25ClN4O5S/c23-16-6-7-18(24-14-16)32-17-9-12-27(13-10-17)20(33(30)31)22(19(28)25-21(29)26-22)11-8-15-4-2-1-3-5-15/h1-7,14,17,20H,8-13H2,(H,30,31)(H2,25,26,28,29)/p-1. The Morgan fingerprint density at radius 2 is 1.94 bits per heavy atom. The van der Waals surface area contributed by atoms with E-state index < -0.39 is 33.9 Å². The first-order valence-corrected chi connectivity index (χ1v) is 12.2. The predicted octanol–water partition coefficient (Wildman–Crippen LogP) is 1.99. The van der Waals surface area contributed by atoms with E-state index in [1.165, 1.54) is 6.20 Å². The highest BCUT2D eigenvalue weighted by molar-refractivity contribution is 7.79. The summed E-state index contributed by atoms with van der Waals surface area (Å²) in [6.45, 7) is 0.764. The molecule has 4 rings (SSSR count). The minimum absolute atomic E-state index is 0.150. The number of piperidine rings is 1. The number of ether oxygens (including phenoxy) is 1. The SMILES string of the molecule is O=C1NC(=O)C(CCc2ccccc2)(C(N2CCC(Oc3ccc(Cl)cn3)CC2)S(=O)[O-])N1. The van der Waals surface area contributed by atoms with Crippen molar-refractivity contribution in [2.24, 2.45) is 0 Å². The summed E-state index contributed by atoms with van der Waals surface area (Å²) in [5.74, 6) is -0.176. The van der Waals surface area contributed by atoms with Gasteiger partial charge < -0.3 is 14.6 Å². The molecule has 3 amide bonds. The van der Waals surface area contributed by atoms with Gasteiger partial charge in [-0.15, -0.1) is 0 Å². The van der Waals surface area contributed by atoms with E-state index in [1.54, 1.807) is 17.0 Å². The van der Waals surface area contributed by atoms with Gasteiger partial charge in [0.15, 0.2) is 0 Å². The zero-order valence-corrected chi connectivity index (χ0v) is 19.3. The number of benzene rings is 1. The van der Waals surface area contributed by atoms with E-state index in [9.17, 15) is 18.4 Å². The fourth-order valence-corrected chi connectivity index (χ4v) is 5.57. The van der Waals surface area contributed by atoms with E-state index in [1.807, 2.05) is 30.3 Å². The van der Waals surface area contributed by atoms with Gasteiger partial charge in [0.2, 0.25) is 5.88 Å². The summed E-state index contributed by atoms with van der Waals surface area (Å²) < 4.78 is 30.8. The number of imide groups is 1. The zero-order chi connectivity index (χ0) is 23.4. The largest absolute Gasteiger partial charge is 0.771 e. The number of hydrogen-bond acceptors (Lipinski definition) is 7. The summed E-state index contributed by atoms with van der Waals surface area (Å²) in [6, 6.07) is 12.1. The number of halogens is 1. The molecule has 11 heteroatoms. The van der Waals surface area contributed by atoms with Crippen LogP contribution in [0.2, 0.25) is 5.02 Å². The molecule has 2 aliphatic rings. The molecular weight excluding hydrogens is 468 g/mol. The number of pyridine rings is 1. The number of carbonyl (C=O) groups is 2. The molecule has 3 unspecified atom stereocenters. The van der Waals surface area contributed by atoms with Gasteiger partial charge in [0, 0.05) is 25.4 Å². The number of urea groups is 1. The van der Waals surface area contributed by atoms with Crippen LogP contribution in [0.3, 0.4) is 0 Å². The molecule has 9 nitrogen and oxygen atoms in total. The lowest BCUT2D eigenvalue weighted by Crippen LogP contribution is -2.65. The minimum Gasteiger partial charge on any atom is -0.771 e. The summed E-state index contributed by atoms with van der Waals surface area (Å²) >= 11 is 3.21. The van der Waals surface area contributed by atoms with Gasteiger partial charge in [0.1, 0.15) is 17.0 Å². The van der Waals surface area contributed by atoms with Crippen LogP contribution in [0.15, 0.2) is 48.7 Å². The third-order valence-corrected chi connectivity index (χ3v) is 7.31. The maximum Gasteiger partial charge on any atom is 0.322 e. The van der Waals surface area contributed by atoms with E-state index in [-0.39, 0.29) is 12.5 Å². The third-order valence-electron chi connectivity index (χ3n) is 6.02. The summed E-state index contributed by atoms with van der Waals surface area (Å²) in [6.07, 6.45) is 3.02. The molecule has 0 radical (unpaired) electrons. The van der Waals surface area contributed by atoms with Crippen LogP contribution in [-0.2, 0) is 22.3 Å². The van der Waals surface area contributed by atoms with Crippen molar-refractivity contribution >= 4 is 34.6 Å². The van der Waals surface area contributed by atoms with Crippen LogP contribution in [-0.4, -0.2) is 60.7 Å². The Morgan fingerprint density at radius 3 is 2.52 bits per heavy atom. The second-order valence-electron chi connectivity index (χ2n) is 8.15. The quantitative estimate of drug-likeness (QED) is 0.427. The Balaban J connectivity index is 1.49. The normalized spacial score (nSPS) is 23.6. The molecule has 33 heavy (non-hydrogen) atoms. The predicted molar refractivity (Wildman–Crippen MR) is 121 cm³/mol. The highest BCUT2D eigenvalue weighted by Gasteiger charge is 2.54. The molecule has 1 aromatic carbocycles. The smallest absolute Gasteiger partial charge is 0.322 e. The average Bonchev–Trinajstić information content (AvgIpc) is 3.09. The van der Waals surface area contributed by atoms with E-state index in [4.69, 9.17) is 16.3 Å². The Hall–Kier alpha value is -2.53. The van der Waals surface area contributed by atoms with Crippen LogP contribution in [0.25, 0.3) is 0 Å². The van der Waals surface area contributed by atoms with Crippen LogP contribution in [0, 0.1) is 0 Å². The van der Waals surface area contributed by atoms with Crippen molar-refractivity contribution in [2.75, 3.05) is 13.1 Å². The molecule has 0 saturated carbocycles. The summed E-state index contributed by atoms with van der Waals surface area (Å²) in [4.78, 5) is 30.8. The first-order chi connectivity index (χ1) is 15.9. The number of aromatic nitrogens is 1. The fourth-order valence-electron chi connectivity index (χ4n) is 4.39. The van der Waals surface area contributed by atoms with Gasteiger partial charge in [-0.2, -0.15) is 0 Å². The van der Waals surface area contributed by atoms with Crippen LogP contribution in [0.5, 0.6) is 5.88 Å². The van der Waals surface area contributed by atoms with Crippen molar-refractivity contribution in [1.29, 1.82) is 0 Å². The van der Waals surface area contributed by atoms with Crippen LogP contribution >= 0.6 is 11.6 Å². The third kappa shape index (κ3) is 5.35. The number of carbonyl (C=O) groups excluding carboxylic acids is 2. The Labute approximate surface area is 199 Å². The Kier molecular flexibility index (Phi) is 7.28. The number of rotatable bonds is 8. The van der Waals surface area contributed by atoms with Crippen molar-refractivity contribution in [3.8, 4) is 5.88 Å². The molecule has 0 spiro atoms. The first-order valence-electron chi connectivity index (χ1n) is 10.7. The second kappa shape index (κ2) is 10.2. The van der Waals surface area contributed by atoms with Gasteiger partial charge in [-0.05, 0) is 48.4 Å². The maximum atomic E-state index is 12.9. The monoisotopic (exact) mass is 491 g/mol. The lowest BCUT2D eigenvalue weighted by molar-refractivity contribution is -0.126. The highest BCUT2D eigenvalue weighted by atomic mass is 35.5. The number of likely N-dealkylation sites (tertiary alicyclic amines) is 1. The molecule has 2 aromatic rings. The van der Waals surface area contributed by atoms with Gasteiger partial charge in [-0.25, -0.2) is 9.78 Å². The summed E-state index contributed by atoms with van der Waals surface area (Å²) in [5.41, 5.74) is -0.630. The number of aryl methyl sites for hydroxylation is 1. The lowest BCUT2D eigenvalue weighted by Gasteiger charge is -2.45. The number of nitrogens with one attached hydrogen (secondary N) is 2. The van der Waals surface area contributed by atoms with E-state index >= 15 is 0 Å². The molecule has 2 N–H and O–H groups in total. The molecular formula is C22H24ClN4O5S-. The van der Waals surface area contributed by atoms with Gasteiger partial charge >= 0.3 is 6.03 Å². The molecule has 0 bridgehead atoms. The van der Waals surface area contributed by atoms with Crippen LogP contribution in [0.1, 0.15) is 24.8 Å². The first kappa shape index (κ1) is 23.6. The van der Waals surface area contributed by atoms with Gasteiger partial charge in [-0.3, -0.25) is 19.2 Å². The molecule has 2 saturated heterocycles. The van der Waals surface area contributed by atoms with Crippen molar-refractivity contribution in [3.05, 3.63) is 59.2 Å². The fraction of sp³-hybridized carbons (Fsp3) is 0.409. The second-order valence-corrected chi connectivity index (χ2v) is 9.55. The van der Waals surface area contributed by atoms with Crippen molar-refractivity contribution < 1.29 is 23.1 Å². The number of hydrogen-bond donors (Lipinski definition) is 2. The molecule has 1 aromatic heterocycles. The van der Waals surface area contributed by atoms with Gasteiger partial charge in [0.05, 0.1) is 5.02 Å². The van der Waals surface area contributed by atoms with Gasteiger partial charge in [-0.1, -0.05) is 41.9 Å². The molecule has 176 valence electrons. The zero-order valence-electron chi connectivity index (χ0n) is 17.7.